The summed E-state index contributed by atoms with van der Waals surface area (Å²) in [5.74, 6) is -1.35. The fourth-order valence-electron chi connectivity index (χ4n) is 3.97. The van der Waals surface area contributed by atoms with Gasteiger partial charge in [-0.2, -0.15) is 4.31 Å². The largest absolute Gasteiger partial charge is 0.463 e. The molecule has 33 heavy (non-hydrogen) atoms. The zero-order valence-electron chi connectivity index (χ0n) is 18.7. The van der Waals surface area contributed by atoms with E-state index in [0.717, 1.165) is 0 Å². The number of ether oxygens (including phenoxy) is 2. The third-order valence-corrected chi connectivity index (χ3v) is 7.50. The van der Waals surface area contributed by atoms with E-state index in [1.165, 1.54) is 16.4 Å². The molecule has 1 fully saturated rings. The van der Waals surface area contributed by atoms with Crippen LogP contribution in [0.1, 0.15) is 39.5 Å². The van der Waals surface area contributed by atoms with Crippen molar-refractivity contribution in [3.8, 4) is 0 Å². The maximum Gasteiger partial charge on any atom is 0.338 e. The molecule has 1 aromatic rings. The van der Waals surface area contributed by atoms with Crippen LogP contribution in [0, 0.1) is 0 Å². The minimum absolute atomic E-state index is 0.105. The summed E-state index contributed by atoms with van der Waals surface area (Å²) in [4.78, 5) is 37.6. The lowest BCUT2D eigenvalue weighted by molar-refractivity contribution is -0.148. The Morgan fingerprint density at radius 1 is 1.12 bits per heavy atom. The first-order valence-electron chi connectivity index (χ1n) is 11.0. The molecule has 0 unspecified atom stereocenters. The number of amides is 2. The van der Waals surface area contributed by atoms with Gasteiger partial charge >= 0.3 is 18.0 Å². The number of urea groups is 1. The molecule has 11 heteroatoms. The third kappa shape index (κ3) is 5.53. The number of benzene rings is 1. The van der Waals surface area contributed by atoms with Crippen LogP contribution >= 0.6 is 0 Å². The van der Waals surface area contributed by atoms with Crippen LogP contribution in [-0.2, 0) is 29.1 Å². The van der Waals surface area contributed by atoms with Crippen LogP contribution in [-0.4, -0.2) is 62.5 Å². The van der Waals surface area contributed by atoms with Gasteiger partial charge in [-0.25, -0.2) is 18.0 Å². The molecule has 2 amide bonds. The van der Waals surface area contributed by atoms with Crippen molar-refractivity contribution in [3.63, 3.8) is 0 Å². The van der Waals surface area contributed by atoms with Crippen molar-refractivity contribution in [2.45, 2.75) is 56.5 Å². The van der Waals surface area contributed by atoms with E-state index < -0.39 is 40.1 Å². The minimum atomic E-state index is -3.89. The summed E-state index contributed by atoms with van der Waals surface area (Å²) in [5.41, 5.74) is 0.315. The van der Waals surface area contributed by atoms with Crippen molar-refractivity contribution in [2.24, 2.45) is 0 Å². The molecule has 180 valence electrons. The smallest absolute Gasteiger partial charge is 0.338 e. The summed E-state index contributed by atoms with van der Waals surface area (Å²) in [5, 5.41) is 5.16. The van der Waals surface area contributed by atoms with Gasteiger partial charge in [-0.15, -0.1) is 0 Å². The Bertz CT molecular complexity index is 1020. The van der Waals surface area contributed by atoms with E-state index in [1.807, 2.05) is 0 Å². The quantitative estimate of drug-likeness (QED) is 0.542. The molecular formula is C22H29N3O7S. The highest BCUT2D eigenvalue weighted by Gasteiger charge is 2.39. The zero-order valence-corrected chi connectivity index (χ0v) is 19.5. The van der Waals surface area contributed by atoms with E-state index in [-0.39, 0.29) is 35.9 Å². The average Bonchev–Trinajstić information content (AvgIpc) is 2.82. The standard InChI is InChI=1S/C22H29N3O7S/c1-3-16-19(21(27)31-4-2)17(24-22(28)23-16)14-32-20(26)18-12-8-9-13-25(18)33(29,30)15-10-6-5-7-11-15/h5-7,10-11,16,18H,3-4,8-9,12-14H2,1-2H3,(H2,23,24,28)/t16-,18+/m0/s1. The summed E-state index contributed by atoms with van der Waals surface area (Å²) < 4.78 is 38.0. The number of hydrogen-bond acceptors (Lipinski definition) is 7. The number of nitrogens with zero attached hydrogens (tertiary/aromatic N) is 1. The summed E-state index contributed by atoms with van der Waals surface area (Å²) in [6.45, 7) is 3.43. The zero-order chi connectivity index (χ0) is 24.0. The Labute approximate surface area is 193 Å². The molecule has 2 heterocycles. The lowest BCUT2D eigenvalue weighted by Crippen LogP contribution is -2.52. The van der Waals surface area contributed by atoms with Gasteiger partial charge in [0.05, 0.1) is 28.8 Å². The van der Waals surface area contributed by atoms with Gasteiger partial charge in [0, 0.05) is 6.54 Å². The van der Waals surface area contributed by atoms with Crippen molar-refractivity contribution in [3.05, 3.63) is 41.6 Å². The van der Waals surface area contributed by atoms with Crippen LogP contribution in [0.3, 0.4) is 0 Å². The molecule has 0 aromatic heterocycles. The Morgan fingerprint density at radius 2 is 1.85 bits per heavy atom. The number of rotatable bonds is 8. The van der Waals surface area contributed by atoms with E-state index in [9.17, 15) is 22.8 Å². The fraction of sp³-hybridized carbons (Fsp3) is 0.500. The van der Waals surface area contributed by atoms with Crippen LogP contribution < -0.4 is 10.6 Å². The molecule has 0 spiro atoms. The van der Waals surface area contributed by atoms with E-state index in [1.54, 1.807) is 32.0 Å². The van der Waals surface area contributed by atoms with Crippen molar-refractivity contribution < 1.29 is 32.3 Å². The summed E-state index contributed by atoms with van der Waals surface area (Å²) in [6.07, 6.45) is 2.06. The summed E-state index contributed by atoms with van der Waals surface area (Å²) in [6, 6.07) is 5.83. The van der Waals surface area contributed by atoms with Gasteiger partial charge in [-0.1, -0.05) is 25.1 Å². The number of sulfonamides is 1. The van der Waals surface area contributed by atoms with Crippen LogP contribution in [0.2, 0.25) is 0 Å². The molecule has 2 aliphatic rings. The highest BCUT2D eigenvalue weighted by Crippen LogP contribution is 2.26. The lowest BCUT2D eigenvalue weighted by Gasteiger charge is -2.33. The fourth-order valence-corrected chi connectivity index (χ4v) is 5.64. The highest BCUT2D eigenvalue weighted by atomic mass is 32.2. The van der Waals surface area contributed by atoms with Crippen LogP contribution in [0.5, 0.6) is 0 Å². The van der Waals surface area contributed by atoms with Crippen molar-refractivity contribution in [2.75, 3.05) is 19.8 Å². The second-order valence-electron chi connectivity index (χ2n) is 7.72. The van der Waals surface area contributed by atoms with Crippen LogP contribution in [0.15, 0.2) is 46.5 Å². The topological polar surface area (TPSA) is 131 Å². The lowest BCUT2D eigenvalue weighted by atomic mass is 10.0. The average molecular weight is 480 g/mol. The SMILES string of the molecule is CCOC(=O)C1=C(COC(=O)[C@H]2CCCCN2S(=O)(=O)c2ccccc2)NC(=O)N[C@H]1CC. The number of piperidine rings is 1. The van der Waals surface area contributed by atoms with Crippen molar-refractivity contribution in [1.82, 2.24) is 14.9 Å². The van der Waals surface area contributed by atoms with Crippen LogP contribution in [0.4, 0.5) is 4.79 Å². The maximum atomic E-state index is 13.1. The van der Waals surface area contributed by atoms with E-state index in [2.05, 4.69) is 10.6 Å². The minimum Gasteiger partial charge on any atom is -0.463 e. The molecule has 1 saturated heterocycles. The first kappa shape index (κ1) is 24.7. The molecule has 0 aliphatic carbocycles. The molecular weight excluding hydrogens is 450 g/mol. The molecule has 2 atom stereocenters. The van der Waals surface area contributed by atoms with E-state index >= 15 is 0 Å². The predicted molar refractivity (Wildman–Crippen MR) is 118 cm³/mol. The first-order chi connectivity index (χ1) is 15.8. The molecule has 10 nitrogen and oxygen atoms in total. The summed E-state index contributed by atoms with van der Waals surface area (Å²) >= 11 is 0. The van der Waals surface area contributed by atoms with Crippen LogP contribution in [0.25, 0.3) is 0 Å². The van der Waals surface area contributed by atoms with E-state index in [4.69, 9.17) is 9.47 Å². The Balaban J connectivity index is 1.81. The Hall–Kier alpha value is -2.92. The van der Waals surface area contributed by atoms with Gasteiger partial charge < -0.3 is 20.1 Å². The predicted octanol–water partition coefficient (Wildman–Crippen LogP) is 1.68. The normalized spacial score (nSPS) is 21.7. The molecule has 0 saturated carbocycles. The van der Waals surface area contributed by atoms with Gasteiger partial charge in [0.25, 0.3) is 0 Å². The Morgan fingerprint density at radius 3 is 2.52 bits per heavy atom. The number of carbonyl (C=O) groups is 3. The molecule has 2 N–H and O–H groups in total. The summed E-state index contributed by atoms with van der Waals surface area (Å²) in [7, 11) is -3.89. The second kappa shape index (κ2) is 10.8. The number of esters is 2. The third-order valence-electron chi connectivity index (χ3n) is 5.58. The number of carbonyl (C=O) groups excluding carboxylic acids is 3. The molecule has 1 aromatic carbocycles. The van der Waals surface area contributed by atoms with Gasteiger partial charge in [-0.3, -0.25) is 4.79 Å². The Kier molecular flexibility index (Phi) is 8.09. The van der Waals surface area contributed by atoms with Crippen molar-refractivity contribution >= 4 is 28.0 Å². The molecule has 3 rings (SSSR count). The molecule has 0 bridgehead atoms. The first-order valence-corrected chi connectivity index (χ1v) is 12.4. The second-order valence-corrected chi connectivity index (χ2v) is 9.61. The maximum absolute atomic E-state index is 13.1. The number of nitrogens with one attached hydrogen (secondary N) is 2. The molecule has 2 aliphatic heterocycles. The number of hydrogen-bond donors (Lipinski definition) is 2. The van der Waals surface area contributed by atoms with Gasteiger partial charge in [0.2, 0.25) is 10.0 Å². The van der Waals surface area contributed by atoms with Gasteiger partial charge in [0.15, 0.2) is 0 Å². The van der Waals surface area contributed by atoms with Gasteiger partial charge in [0.1, 0.15) is 12.6 Å². The monoisotopic (exact) mass is 479 g/mol. The van der Waals surface area contributed by atoms with Gasteiger partial charge in [-0.05, 0) is 44.7 Å². The van der Waals surface area contributed by atoms with E-state index in [0.29, 0.717) is 25.7 Å². The molecule has 0 radical (unpaired) electrons. The van der Waals surface area contributed by atoms with Crippen molar-refractivity contribution in [1.29, 1.82) is 0 Å². The highest BCUT2D eigenvalue weighted by molar-refractivity contribution is 7.89.